The maximum Gasteiger partial charge on any atom is 0.417 e. The van der Waals surface area contributed by atoms with Gasteiger partial charge in [-0.25, -0.2) is 9.37 Å². The first kappa shape index (κ1) is 22.4. The van der Waals surface area contributed by atoms with Crippen molar-refractivity contribution in [3.8, 4) is 11.5 Å². The van der Waals surface area contributed by atoms with Crippen LogP contribution in [0.5, 0.6) is 11.5 Å². The molecule has 0 saturated heterocycles. The number of aromatic nitrogens is 1. The van der Waals surface area contributed by atoms with Gasteiger partial charge in [-0.1, -0.05) is 23.7 Å². The monoisotopic (exact) mass is 453 g/mol. The van der Waals surface area contributed by atoms with Crippen LogP contribution in [0, 0.1) is 5.82 Å². The molecule has 1 aromatic heterocycles. The highest BCUT2D eigenvalue weighted by Gasteiger charge is 2.30. The first-order chi connectivity index (χ1) is 14.8. The maximum atomic E-state index is 13.3. The molecule has 5 nitrogen and oxygen atoms in total. The lowest BCUT2D eigenvalue weighted by Crippen LogP contribution is -2.05. The van der Waals surface area contributed by atoms with Crippen molar-refractivity contribution in [1.82, 2.24) is 4.98 Å². The Kier molecular flexibility index (Phi) is 6.96. The van der Waals surface area contributed by atoms with Gasteiger partial charge in [-0.3, -0.25) is 5.43 Å². The summed E-state index contributed by atoms with van der Waals surface area (Å²) in [6.07, 6.45) is -2.35. The number of halogens is 5. The molecule has 10 heteroatoms. The van der Waals surface area contributed by atoms with Crippen LogP contribution in [0.15, 0.2) is 59.8 Å². The van der Waals surface area contributed by atoms with E-state index in [1.807, 2.05) is 0 Å². The highest BCUT2D eigenvalue weighted by Crippen LogP contribution is 2.36. The highest BCUT2D eigenvalue weighted by molar-refractivity contribution is 6.32. The normalized spacial score (nSPS) is 11.5. The molecule has 0 fully saturated rings. The molecule has 0 atom stereocenters. The van der Waals surface area contributed by atoms with Gasteiger partial charge < -0.3 is 9.47 Å². The summed E-state index contributed by atoms with van der Waals surface area (Å²) in [5.74, 6) is 0.374. The van der Waals surface area contributed by atoms with E-state index in [4.69, 9.17) is 21.1 Å². The Labute approximate surface area is 180 Å². The summed E-state index contributed by atoms with van der Waals surface area (Å²) in [7, 11) is 1.44. The zero-order valence-corrected chi connectivity index (χ0v) is 16.8. The second kappa shape index (κ2) is 9.65. The molecule has 2 aromatic carbocycles. The van der Waals surface area contributed by atoms with Crippen LogP contribution in [0.4, 0.5) is 23.4 Å². The number of hydrogen-bond donors (Lipinski definition) is 1. The Hall–Kier alpha value is -3.33. The van der Waals surface area contributed by atoms with Gasteiger partial charge >= 0.3 is 6.18 Å². The number of nitrogens with one attached hydrogen (secondary N) is 1. The predicted molar refractivity (Wildman–Crippen MR) is 109 cm³/mol. The Bertz CT molecular complexity index is 1070. The first-order valence-electron chi connectivity index (χ1n) is 8.83. The largest absolute Gasteiger partial charge is 0.493 e. The summed E-state index contributed by atoms with van der Waals surface area (Å²) in [5.41, 5.74) is 2.84. The van der Waals surface area contributed by atoms with Crippen molar-refractivity contribution < 1.29 is 27.0 Å². The molecule has 3 rings (SSSR count). The van der Waals surface area contributed by atoms with Gasteiger partial charge in [0.2, 0.25) is 0 Å². The van der Waals surface area contributed by atoms with E-state index < -0.39 is 11.7 Å². The van der Waals surface area contributed by atoms with Gasteiger partial charge in [-0.15, -0.1) is 0 Å². The van der Waals surface area contributed by atoms with Crippen LogP contribution >= 0.6 is 11.6 Å². The van der Waals surface area contributed by atoms with Crippen LogP contribution in [-0.4, -0.2) is 18.3 Å². The first-order valence-corrected chi connectivity index (χ1v) is 9.21. The Morgan fingerprint density at radius 2 is 1.97 bits per heavy atom. The molecule has 1 heterocycles. The van der Waals surface area contributed by atoms with Gasteiger partial charge in [0.15, 0.2) is 11.5 Å². The van der Waals surface area contributed by atoms with Crippen molar-refractivity contribution in [1.29, 1.82) is 0 Å². The van der Waals surface area contributed by atoms with Crippen LogP contribution in [0.25, 0.3) is 0 Å². The molecule has 1 N–H and O–H groups in total. The number of anilines is 1. The van der Waals surface area contributed by atoms with Gasteiger partial charge in [-0.2, -0.15) is 18.3 Å². The quantitative estimate of drug-likeness (QED) is 0.274. The number of methoxy groups -OCH3 is 1. The molecule has 31 heavy (non-hydrogen) atoms. The average molecular weight is 454 g/mol. The van der Waals surface area contributed by atoms with Gasteiger partial charge in [0, 0.05) is 6.20 Å². The molecule has 0 unspecified atom stereocenters. The predicted octanol–water partition coefficient (Wildman–Crippen LogP) is 5.93. The lowest BCUT2D eigenvalue weighted by atomic mass is 10.2. The van der Waals surface area contributed by atoms with E-state index in [1.165, 1.54) is 25.5 Å². The zero-order chi connectivity index (χ0) is 22.4. The fourth-order valence-corrected chi connectivity index (χ4v) is 2.81. The second-order valence-corrected chi connectivity index (χ2v) is 6.66. The van der Waals surface area contributed by atoms with Crippen molar-refractivity contribution in [2.45, 2.75) is 12.8 Å². The fourth-order valence-electron chi connectivity index (χ4n) is 2.54. The number of nitrogens with zero attached hydrogens (tertiary/aromatic N) is 2. The minimum atomic E-state index is -4.46. The van der Waals surface area contributed by atoms with E-state index in [2.05, 4.69) is 15.5 Å². The molecule has 0 radical (unpaired) electrons. The topological polar surface area (TPSA) is 55.7 Å². The number of pyridine rings is 1. The van der Waals surface area contributed by atoms with Crippen molar-refractivity contribution in [3.05, 3.63) is 82.3 Å². The molecule has 0 saturated carbocycles. The lowest BCUT2D eigenvalue weighted by Gasteiger charge is -2.13. The summed E-state index contributed by atoms with van der Waals surface area (Å²) in [6.45, 7) is 0.0857. The molecule has 0 amide bonds. The molecule has 0 aliphatic carbocycles. The van der Waals surface area contributed by atoms with E-state index in [0.29, 0.717) is 23.1 Å². The van der Waals surface area contributed by atoms with E-state index in [-0.39, 0.29) is 29.0 Å². The third-order valence-corrected chi connectivity index (χ3v) is 4.29. The van der Waals surface area contributed by atoms with E-state index in [9.17, 15) is 17.6 Å². The number of ether oxygens (including phenoxy) is 2. The Morgan fingerprint density at radius 1 is 1.16 bits per heavy atom. The molecule has 162 valence electrons. The lowest BCUT2D eigenvalue weighted by molar-refractivity contribution is -0.137. The Morgan fingerprint density at radius 3 is 2.61 bits per heavy atom. The standard InChI is InChI=1S/C21H16ClF4N3O2/c1-30-18-9-14(10-28-29-19-6-5-15(11-27-19)21(24,25)26)8-17(22)20(18)31-12-13-3-2-4-16(23)7-13/h2-11H,12H2,1H3,(H,27,29)/b28-10-. The van der Waals surface area contributed by atoms with Gasteiger partial charge in [0.25, 0.3) is 0 Å². The van der Waals surface area contributed by atoms with E-state index in [0.717, 1.165) is 12.1 Å². The molecule has 0 bridgehead atoms. The third-order valence-electron chi connectivity index (χ3n) is 4.01. The molecule has 0 aliphatic rings. The second-order valence-electron chi connectivity index (χ2n) is 6.25. The highest BCUT2D eigenvalue weighted by atomic mass is 35.5. The summed E-state index contributed by atoms with van der Waals surface area (Å²) in [6, 6.07) is 11.2. The molecular weight excluding hydrogens is 438 g/mol. The number of benzene rings is 2. The van der Waals surface area contributed by atoms with Gasteiger partial charge in [0.05, 0.1) is 23.9 Å². The van der Waals surface area contributed by atoms with E-state index in [1.54, 1.807) is 24.3 Å². The summed E-state index contributed by atoms with van der Waals surface area (Å²) >= 11 is 6.29. The van der Waals surface area contributed by atoms with Crippen LogP contribution in [0.2, 0.25) is 5.02 Å². The smallest absolute Gasteiger partial charge is 0.417 e. The third kappa shape index (κ3) is 6.08. The molecule has 0 aliphatic heterocycles. The summed E-state index contributed by atoms with van der Waals surface area (Å²) in [4.78, 5) is 3.66. The van der Waals surface area contributed by atoms with Crippen LogP contribution < -0.4 is 14.9 Å². The van der Waals surface area contributed by atoms with Crippen molar-refractivity contribution in [3.63, 3.8) is 0 Å². The van der Waals surface area contributed by atoms with Crippen molar-refractivity contribution >= 4 is 23.6 Å². The zero-order valence-electron chi connectivity index (χ0n) is 16.1. The number of rotatable bonds is 7. The maximum absolute atomic E-state index is 13.3. The Balaban J connectivity index is 1.69. The fraction of sp³-hybridized carbons (Fsp3) is 0.143. The molecular formula is C21H16ClF4N3O2. The number of alkyl halides is 3. The minimum absolute atomic E-state index is 0.0857. The summed E-state index contributed by atoms with van der Waals surface area (Å²) in [5, 5.41) is 4.18. The summed E-state index contributed by atoms with van der Waals surface area (Å²) < 4.78 is 62.0. The molecule has 0 spiro atoms. The van der Waals surface area contributed by atoms with Gasteiger partial charge in [0.1, 0.15) is 18.2 Å². The minimum Gasteiger partial charge on any atom is -0.493 e. The van der Waals surface area contributed by atoms with Crippen LogP contribution in [0.3, 0.4) is 0 Å². The van der Waals surface area contributed by atoms with Gasteiger partial charge in [-0.05, 0) is 47.5 Å². The van der Waals surface area contributed by atoms with Crippen LogP contribution in [-0.2, 0) is 12.8 Å². The van der Waals surface area contributed by atoms with E-state index >= 15 is 0 Å². The SMILES string of the molecule is COc1cc(/C=N\Nc2ccc(C(F)(F)F)cn2)cc(Cl)c1OCc1cccc(F)c1. The average Bonchev–Trinajstić information content (AvgIpc) is 2.72. The number of hydrazone groups is 1. The number of hydrogen-bond acceptors (Lipinski definition) is 5. The molecule has 3 aromatic rings. The van der Waals surface area contributed by atoms with Crippen molar-refractivity contribution in [2.24, 2.45) is 5.10 Å². The van der Waals surface area contributed by atoms with Crippen molar-refractivity contribution in [2.75, 3.05) is 12.5 Å². The van der Waals surface area contributed by atoms with Crippen LogP contribution in [0.1, 0.15) is 16.7 Å².